The van der Waals surface area contributed by atoms with E-state index in [-0.39, 0.29) is 5.97 Å². The van der Waals surface area contributed by atoms with Gasteiger partial charge in [-0.05, 0) is 19.8 Å². The lowest BCUT2D eigenvalue weighted by atomic mass is 10.4. The second-order valence-electron chi connectivity index (χ2n) is 3.60. The predicted molar refractivity (Wildman–Crippen MR) is 59.3 cm³/mol. The smallest absolute Gasteiger partial charge is 0.323 e. The van der Waals surface area contributed by atoms with E-state index in [0.717, 1.165) is 5.25 Å². The molecule has 1 unspecified atom stereocenters. The van der Waals surface area contributed by atoms with Crippen molar-refractivity contribution in [1.29, 1.82) is 0 Å². The summed E-state index contributed by atoms with van der Waals surface area (Å²) in [4.78, 5) is 11.2. The third-order valence-electron chi connectivity index (χ3n) is 2.40. The maximum atomic E-state index is 11.2. The summed E-state index contributed by atoms with van der Waals surface area (Å²) in [5.74, 6) is 0.432. The van der Waals surface area contributed by atoms with Crippen LogP contribution < -0.4 is 5.73 Å². The van der Waals surface area contributed by atoms with E-state index in [9.17, 15) is 4.79 Å². The molecule has 0 aliphatic heterocycles. The van der Waals surface area contributed by atoms with Crippen molar-refractivity contribution in [2.24, 2.45) is 5.73 Å². The Morgan fingerprint density at radius 3 is 2.79 bits per heavy atom. The van der Waals surface area contributed by atoms with Crippen LogP contribution in [-0.4, -0.2) is 29.6 Å². The molecule has 1 atom stereocenters. The molecule has 0 radical (unpaired) electrons. The molecule has 4 heteroatoms. The topological polar surface area (TPSA) is 52.3 Å². The number of rotatable bonds is 5. The standard InChI is InChI=1S/C10H19NO2S/c1-2-13-10(12)9(11)7-14-8-5-3-4-6-8/h8-9H,2-7,11H2,1H3. The van der Waals surface area contributed by atoms with Gasteiger partial charge in [-0.25, -0.2) is 0 Å². The lowest BCUT2D eigenvalue weighted by molar-refractivity contribution is -0.144. The van der Waals surface area contributed by atoms with E-state index >= 15 is 0 Å². The summed E-state index contributed by atoms with van der Waals surface area (Å²) in [7, 11) is 0. The second-order valence-corrected chi connectivity index (χ2v) is 4.93. The van der Waals surface area contributed by atoms with E-state index in [1.54, 1.807) is 6.92 Å². The summed E-state index contributed by atoms with van der Waals surface area (Å²) in [6.45, 7) is 2.22. The molecular formula is C10H19NO2S. The summed E-state index contributed by atoms with van der Waals surface area (Å²) in [6, 6.07) is -0.444. The average Bonchev–Trinajstić information content (AvgIpc) is 2.67. The van der Waals surface area contributed by atoms with Crippen molar-refractivity contribution in [3.05, 3.63) is 0 Å². The van der Waals surface area contributed by atoms with Crippen LogP contribution in [0.3, 0.4) is 0 Å². The number of nitrogens with two attached hydrogens (primary N) is 1. The van der Waals surface area contributed by atoms with Gasteiger partial charge >= 0.3 is 5.97 Å². The van der Waals surface area contributed by atoms with Gasteiger partial charge in [-0.15, -0.1) is 0 Å². The van der Waals surface area contributed by atoms with Crippen molar-refractivity contribution >= 4 is 17.7 Å². The maximum Gasteiger partial charge on any atom is 0.323 e. The lowest BCUT2D eigenvalue weighted by Gasteiger charge is -2.13. The Labute approximate surface area is 89.8 Å². The maximum absolute atomic E-state index is 11.2. The third-order valence-corrected chi connectivity index (χ3v) is 3.90. The van der Waals surface area contributed by atoms with Gasteiger partial charge in [-0.1, -0.05) is 12.8 Å². The minimum absolute atomic E-state index is 0.266. The van der Waals surface area contributed by atoms with Gasteiger partial charge in [0.2, 0.25) is 0 Å². The van der Waals surface area contributed by atoms with Gasteiger partial charge in [-0.2, -0.15) is 11.8 Å². The van der Waals surface area contributed by atoms with Crippen LogP contribution in [-0.2, 0) is 9.53 Å². The van der Waals surface area contributed by atoms with E-state index < -0.39 is 6.04 Å². The molecule has 0 aromatic rings. The molecule has 14 heavy (non-hydrogen) atoms. The molecule has 1 aliphatic carbocycles. The van der Waals surface area contributed by atoms with E-state index in [1.165, 1.54) is 25.7 Å². The number of carbonyl (C=O) groups excluding carboxylic acids is 1. The Morgan fingerprint density at radius 1 is 1.57 bits per heavy atom. The summed E-state index contributed by atoms with van der Waals surface area (Å²) < 4.78 is 4.84. The average molecular weight is 217 g/mol. The Kier molecular flexibility index (Phi) is 5.33. The van der Waals surface area contributed by atoms with Gasteiger partial charge in [0, 0.05) is 11.0 Å². The molecule has 0 spiro atoms. The first-order valence-corrected chi connectivity index (χ1v) is 6.32. The van der Waals surface area contributed by atoms with Gasteiger partial charge in [-0.3, -0.25) is 4.79 Å². The van der Waals surface area contributed by atoms with Crippen LogP contribution in [0.4, 0.5) is 0 Å². The first-order valence-electron chi connectivity index (χ1n) is 5.28. The first-order chi connectivity index (χ1) is 6.74. The van der Waals surface area contributed by atoms with Crippen LogP contribution in [0.15, 0.2) is 0 Å². The Hall–Kier alpha value is -0.220. The molecule has 82 valence electrons. The molecule has 1 rings (SSSR count). The van der Waals surface area contributed by atoms with Gasteiger partial charge < -0.3 is 10.5 Å². The Bertz CT molecular complexity index is 181. The molecule has 0 aromatic carbocycles. The molecule has 0 saturated heterocycles. The first kappa shape index (κ1) is 11.9. The highest BCUT2D eigenvalue weighted by atomic mass is 32.2. The number of ether oxygens (including phenoxy) is 1. The minimum atomic E-state index is -0.444. The Balaban J connectivity index is 2.13. The zero-order valence-corrected chi connectivity index (χ0v) is 9.52. The van der Waals surface area contributed by atoms with E-state index in [4.69, 9.17) is 10.5 Å². The largest absolute Gasteiger partial charge is 0.465 e. The highest BCUT2D eigenvalue weighted by Crippen LogP contribution is 2.29. The normalized spacial score (nSPS) is 19.6. The van der Waals surface area contributed by atoms with Crippen molar-refractivity contribution in [1.82, 2.24) is 0 Å². The van der Waals surface area contributed by atoms with Crippen LogP contribution in [0, 0.1) is 0 Å². The van der Waals surface area contributed by atoms with E-state index in [2.05, 4.69) is 0 Å². The Morgan fingerprint density at radius 2 is 2.21 bits per heavy atom. The van der Waals surface area contributed by atoms with Gasteiger partial charge in [0.05, 0.1) is 6.61 Å². The monoisotopic (exact) mass is 217 g/mol. The van der Waals surface area contributed by atoms with Crippen LogP contribution in [0.25, 0.3) is 0 Å². The van der Waals surface area contributed by atoms with Gasteiger partial charge in [0.1, 0.15) is 6.04 Å². The van der Waals surface area contributed by atoms with Crippen molar-refractivity contribution in [3.8, 4) is 0 Å². The van der Waals surface area contributed by atoms with Crippen LogP contribution in [0.5, 0.6) is 0 Å². The minimum Gasteiger partial charge on any atom is -0.465 e. The number of hydrogen-bond acceptors (Lipinski definition) is 4. The highest BCUT2D eigenvalue weighted by Gasteiger charge is 2.20. The molecular weight excluding hydrogens is 198 g/mol. The molecule has 3 nitrogen and oxygen atoms in total. The lowest BCUT2D eigenvalue weighted by Crippen LogP contribution is -2.35. The van der Waals surface area contributed by atoms with Crippen molar-refractivity contribution < 1.29 is 9.53 Å². The summed E-state index contributed by atoms with van der Waals surface area (Å²) >= 11 is 1.82. The zero-order chi connectivity index (χ0) is 10.4. The second kappa shape index (κ2) is 6.30. The van der Waals surface area contributed by atoms with E-state index in [0.29, 0.717) is 12.4 Å². The van der Waals surface area contributed by atoms with Gasteiger partial charge in [0.25, 0.3) is 0 Å². The SMILES string of the molecule is CCOC(=O)C(N)CSC1CCCC1. The molecule has 0 heterocycles. The summed E-state index contributed by atoms with van der Waals surface area (Å²) in [5, 5.41) is 0.718. The molecule has 1 aliphatic rings. The molecule has 0 aromatic heterocycles. The molecule has 0 amide bonds. The predicted octanol–water partition coefficient (Wildman–Crippen LogP) is 1.55. The zero-order valence-electron chi connectivity index (χ0n) is 8.70. The van der Waals surface area contributed by atoms with Gasteiger partial charge in [0.15, 0.2) is 0 Å². The number of hydrogen-bond donors (Lipinski definition) is 1. The van der Waals surface area contributed by atoms with Crippen LogP contribution in [0.1, 0.15) is 32.6 Å². The van der Waals surface area contributed by atoms with Crippen molar-refractivity contribution in [2.45, 2.75) is 43.9 Å². The fourth-order valence-electron chi connectivity index (χ4n) is 1.61. The van der Waals surface area contributed by atoms with Crippen LogP contribution in [0.2, 0.25) is 0 Å². The van der Waals surface area contributed by atoms with Crippen molar-refractivity contribution in [2.75, 3.05) is 12.4 Å². The molecule has 0 bridgehead atoms. The van der Waals surface area contributed by atoms with Crippen LogP contribution >= 0.6 is 11.8 Å². The highest BCUT2D eigenvalue weighted by molar-refractivity contribution is 8.00. The summed E-state index contributed by atoms with van der Waals surface area (Å²) in [6.07, 6.45) is 5.21. The molecule has 1 saturated carbocycles. The fourth-order valence-corrected chi connectivity index (χ4v) is 2.89. The number of carbonyl (C=O) groups is 1. The fraction of sp³-hybridized carbons (Fsp3) is 0.900. The third kappa shape index (κ3) is 3.88. The molecule has 1 fully saturated rings. The number of esters is 1. The quantitative estimate of drug-likeness (QED) is 0.710. The van der Waals surface area contributed by atoms with E-state index in [1.807, 2.05) is 11.8 Å². The van der Waals surface area contributed by atoms with Crippen molar-refractivity contribution in [3.63, 3.8) is 0 Å². The summed E-state index contributed by atoms with van der Waals surface area (Å²) in [5.41, 5.74) is 5.69. The molecule has 2 N–H and O–H groups in total. The number of thioether (sulfide) groups is 1.